The molecule has 0 saturated carbocycles. The van der Waals surface area contributed by atoms with Gasteiger partial charge in [0.05, 0.1) is 26.2 Å². The average molecular weight is 448 g/mol. The van der Waals surface area contributed by atoms with Crippen LogP contribution in [0.4, 0.5) is 14.5 Å². The first-order chi connectivity index (χ1) is 15.4. The number of carbonyl (C=O) groups excluding carboxylic acids is 2. The number of ether oxygens (including phenoxy) is 3. The smallest absolute Gasteiger partial charge is 0.387 e. The number of alkyl halides is 2. The second kappa shape index (κ2) is 10.3. The van der Waals surface area contributed by atoms with Gasteiger partial charge in [0.2, 0.25) is 11.8 Å². The molecule has 2 unspecified atom stereocenters. The Labute approximate surface area is 185 Å². The third-order valence-electron chi connectivity index (χ3n) is 5.41. The van der Waals surface area contributed by atoms with Crippen molar-refractivity contribution in [1.82, 2.24) is 5.32 Å². The molecule has 1 aliphatic rings. The summed E-state index contributed by atoms with van der Waals surface area (Å²) in [6, 6.07) is 10.9. The van der Waals surface area contributed by atoms with E-state index in [0.29, 0.717) is 29.2 Å². The zero-order valence-corrected chi connectivity index (χ0v) is 18.1. The highest BCUT2D eigenvalue weighted by atomic mass is 19.3. The highest BCUT2D eigenvalue weighted by Crippen LogP contribution is 2.35. The molecular formula is C23H26F2N2O5. The molecule has 32 heavy (non-hydrogen) atoms. The lowest BCUT2D eigenvalue weighted by Gasteiger charge is -2.22. The van der Waals surface area contributed by atoms with Crippen LogP contribution in [0.25, 0.3) is 0 Å². The maximum Gasteiger partial charge on any atom is 0.387 e. The molecule has 2 aromatic rings. The van der Waals surface area contributed by atoms with Crippen LogP contribution in [0.2, 0.25) is 0 Å². The number of nitrogens with zero attached hydrogens (tertiary/aromatic N) is 1. The SMILES string of the molecule is CCC(NC(=O)C1CC(=O)N(c2ccc(OC)c(OC)c2)C1)c1ccccc1OC(F)F. The molecule has 0 radical (unpaired) electrons. The van der Waals surface area contributed by atoms with E-state index in [0.717, 1.165) is 0 Å². The Morgan fingerprint density at radius 3 is 2.50 bits per heavy atom. The Hall–Kier alpha value is -3.36. The average Bonchev–Trinajstić information content (AvgIpc) is 3.18. The zero-order chi connectivity index (χ0) is 23.3. The quantitative estimate of drug-likeness (QED) is 0.629. The fourth-order valence-electron chi connectivity index (χ4n) is 3.79. The number of hydrogen-bond acceptors (Lipinski definition) is 5. The number of benzene rings is 2. The van der Waals surface area contributed by atoms with Crippen molar-refractivity contribution in [3.63, 3.8) is 0 Å². The topological polar surface area (TPSA) is 77.1 Å². The van der Waals surface area contributed by atoms with Gasteiger partial charge >= 0.3 is 6.61 Å². The van der Waals surface area contributed by atoms with E-state index in [1.807, 2.05) is 6.92 Å². The Morgan fingerprint density at radius 1 is 1.12 bits per heavy atom. The van der Waals surface area contributed by atoms with E-state index >= 15 is 0 Å². The Balaban J connectivity index is 1.73. The summed E-state index contributed by atoms with van der Waals surface area (Å²) >= 11 is 0. The van der Waals surface area contributed by atoms with Crippen molar-refractivity contribution >= 4 is 17.5 Å². The molecule has 1 saturated heterocycles. The van der Waals surface area contributed by atoms with Crippen LogP contribution in [-0.4, -0.2) is 39.2 Å². The Morgan fingerprint density at radius 2 is 1.84 bits per heavy atom. The minimum Gasteiger partial charge on any atom is -0.493 e. The van der Waals surface area contributed by atoms with E-state index in [4.69, 9.17) is 9.47 Å². The first-order valence-electron chi connectivity index (χ1n) is 10.2. The molecule has 0 aliphatic carbocycles. The van der Waals surface area contributed by atoms with Gasteiger partial charge in [-0.25, -0.2) is 0 Å². The van der Waals surface area contributed by atoms with E-state index in [1.54, 1.807) is 36.4 Å². The van der Waals surface area contributed by atoms with Crippen LogP contribution in [0.15, 0.2) is 42.5 Å². The first kappa shape index (κ1) is 23.3. The highest BCUT2D eigenvalue weighted by Gasteiger charge is 2.36. The maximum absolute atomic E-state index is 12.9. The molecule has 0 bridgehead atoms. The second-order valence-corrected chi connectivity index (χ2v) is 7.33. The van der Waals surface area contributed by atoms with Crippen LogP contribution in [0, 0.1) is 5.92 Å². The van der Waals surface area contributed by atoms with Gasteiger partial charge in [-0.2, -0.15) is 8.78 Å². The van der Waals surface area contributed by atoms with Gasteiger partial charge in [-0.3, -0.25) is 9.59 Å². The molecule has 2 amide bonds. The van der Waals surface area contributed by atoms with Gasteiger partial charge in [-0.1, -0.05) is 25.1 Å². The summed E-state index contributed by atoms with van der Waals surface area (Å²) in [5.41, 5.74) is 1.07. The van der Waals surface area contributed by atoms with Crippen LogP contribution < -0.4 is 24.4 Å². The summed E-state index contributed by atoms with van der Waals surface area (Å²) in [6.07, 6.45) is 0.515. The van der Waals surface area contributed by atoms with Gasteiger partial charge in [0, 0.05) is 30.3 Å². The third-order valence-corrected chi connectivity index (χ3v) is 5.41. The van der Waals surface area contributed by atoms with Crippen molar-refractivity contribution in [2.75, 3.05) is 25.7 Å². The zero-order valence-electron chi connectivity index (χ0n) is 18.1. The number of rotatable bonds is 9. The lowest BCUT2D eigenvalue weighted by molar-refractivity contribution is -0.127. The monoisotopic (exact) mass is 448 g/mol. The number of halogens is 2. The van der Waals surface area contributed by atoms with Gasteiger partial charge in [0.25, 0.3) is 0 Å². The second-order valence-electron chi connectivity index (χ2n) is 7.33. The van der Waals surface area contributed by atoms with Gasteiger partial charge < -0.3 is 24.4 Å². The molecule has 0 aromatic heterocycles. The Bertz CT molecular complexity index is 969. The van der Waals surface area contributed by atoms with Crippen molar-refractivity contribution in [3.8, 4) is 17.2 Å². The van der Waals surface area contributed by atoms with Crippen LogP contribution in [0.5, 0.6) is 17.2 Å². The standard InChI is InChI=1S/C23H26F2N2O5/c1-4-17(16-7-5-6-8-18(16)32-23(24)25)26-22(29)14-11-21(28)27(13-14)15-9-10-19(30-2)20(12-15)31-3/h5-10,12,14,17,23H,4,11,13H2,1-3H3,(H,26,29). The van der Waals surface area contributed by atoms with Crippen LogP contribution in [0.3, 0.4) is 0 Å². The summed E-state index contributed by atoms with van der Waals surface area (Å²) < 4.78 is 40.6. The minimum absolute atomic E-state index is 0.0177. The lowest BCUT2D eigenvalue weighted by atomic mass is 10.0. The van der Waals surface area contributed by atoms with Crippen molar-refractivity contribution in [3.05, 3.63) is 48.0 Å². The van der Waals surface area contributed by atoms with Gasteiger partial charge in [-0.15, -0.1) is 0 Å². The molecule has 1 fully saturated rings. The molecule has 1 heterocycles. The summed E-state index contributed by atoms with van der Waals surface area (Å²) in [5.74, 6) is -0.0520. The molecule has 0 spiro atoms. The number of para-hydroxylation sites is 1. The number of amides is 2. The largest absolute Gasteiger partial charge is 0.493 e. The summed E-state index contributed by atoms with van der Waals surface area (Å²) in [7, 11) is 3.03. The highest BCUT2D eigenvalue weighted by molar-refractivity contribution is 6.00. The normalized spacial score (nSPS) is 16.8. The Kier molecular flexibility index (Phi) is 7.50. The van der Waals surface area contributed by atoms with Crippen molar-refractivity contribution in [2.24, 2.45) is 5.92 Å². The number of methoxy groups -OCH3 is 2. The fraction of sp³-hybridized carbons (Fsp3) is 0.391. The third kappa shape index (κ3) is 5.09. The summed E-state index contributed by atoms with van der Waals surface area (Å²) in [5, 5.41) is 2.88. The number of anilines is 1. The van der Waals surface area contributed by atoms with Crippen molar-refractivity contribution in [1.29, 1.82) is 0 Å². The lowest BCUT2D eigenvalue weighted by Crippen LogP contribution is -2.35. The summed E-state index contributed by atoms with van der Waals surface area (Å²) in [6.45, 7) is -0.933. The molecule has 9 heteroatoms. The predicted molar refractivity (Wildman–Crippen MR) is 114 cm³/mol. The number of carbonyl (C=O) groups is 2. The van der Waals surface area contributed by atoms with E-state index in [1.165, 1.54) is 25.2 Å². The van der Waals surface area contributed by atoms with Crippen LogP contribution in [-0.2, 0) is 9.59 Å². The summed E-state index contributed by atoms with van der Waals surface area (Å²) in [4.78, 5) is 27.1. The molecule has 2 aromatic carbocycles. The van der Waals surface area contributed by atoms with Crippen molar-refractivity contribution in [2.45, 2.75) is 32.4 Å². The molecule has 1 aliphatic heterocycles. The van der Waals surface area contributed by atoms with E-state index in [9.17, 15) is 18.4 Å². The number of nitrogens with one attached hydrogen (secondary N) is 1. The molecular weight excluding hydrogens is 422 g/mol. The van der Waals surface area contributed by atoms with Gasteiger partial charge in [0.15, 0.2) is 11.5 Å². The molecule has 7 nitrogen and oxygen atoms in total. The minimum atomic E-state index is -2.97. The number of hydrogen-bond donors (Lipinski definition) is 1. The first-order valence-corrected chi connectivity index (χ1v) is 10.2. The molecule has 2 atom stereocenters. The molecule has 3 rings (SSSR count). The van der Waals surface area contributed by atoms with E-state index in [2.05, 4.69) is 10.1 Å². The predicted octanol–water partition coefficient (Wildman–Crippen LogP) is 3.93. The molecule has 172 valence electrons. The van der Waals surface area contributed by atoms with Gasteiger partial charge in [-0.05, 0) is 24.6 Å². The van der Waals surface area contributed by atoms with E-state index in [-0.39, 0.29) is 30.5 Å². The fourth-order valence-corrected chi connectivity index (χ4v) is 3.79. The van der Waals surface area contributed by atoms with E-state index < -0.39 is 18.6 Å². The molecule has 1 N–H and O–H groups in total. The van der Waals surface area contributed by atoms with Crippen molar-refractivity contribution < 1.29 is 32.6 Å². The maximum atomic E-state index is 12.9. The van der Waals surface area contributed by atoms with Crippen LogP contribution >= 0.6 is 0 Å². The van der Waals surface area contributed by atoms with Crippen LogP contribution in [0.1, 0.15) is 31.4 Å². The van der Waals surface area contributed by atoms with Gasteiger partial charge in [0.1, 0.15) is 5.75 Å².